The maximum absolute atomic E-state index is 13.7. The summed E-state index contributed by atoms with van der Waals surface area (Å²) in [5, 5.41) is 32.5. The molecule has 0 bridgehead atoms. The van der Waals surface area contributed by atoms with Gasteiger partial charge in [0.2, 0.25) is 5.60 Å². The highest BCUT2D eigenvalue weighted by molar-refractivity contribution is 5.55. The van der Waals surface area contributed by atoms with Crippen LogP contribution in [0.2, 0.25) is 0 Å². The van der Waals surface area contributed by atoms with Crippen molar-refractivity contribution < 1.29 is 28.1 Å². The first-order chi connectivity index (χ1) is 11.1. The third-order valence-corrected chi connectivity index (χ3v) is 3.39. The molecule has 0 fully saturated rings. The summed E-state index contributed by atoms with van der Waals surface area (Å²) < 4.78 is 41.0. The van der Waals surface area contributed by atoms with Crippen molar-refractivity contribution in [2.45, 2.75) is 11.8 Å². The molecule has 0 saturated heterocycles. The van der Waals surface area contributed by atoms with E-state index in [-0.39, 0.29) is 0 Å². The van der Waals surface area contributed by atoms with Crippen LogP contribution in [0.1, 0.15) is 11.1 Å². The quantitative estimate of drug-likeness (QED) is 0.678. The second-order valence-corrected chi connectivity index (χ2v) is 4.76. The van der Waals surface area contributed by atoms with Gasteiger partial charge in [0.05, 0.1) is 21.0 Å². The minimum absolute atomic E-state index is 0.711. The zero-order chi connectivity index (χ0) is 18.1. The third kappa shape index (κ3) is 2.67. The fourth-order valence-corrected chi connectivity index (χ4v) is 2.33. The van der Waals surface area contributed by atoms with Crippen LogP contribution >= 0.6 is 0 Å². The second-order valence-electron chi connectivity index (χ2n) is 4.76. The molecule has 0 amide bonds. The summed E-state index contributed by atoms with van der Waals surface area (Å²) in [7, 11) is 0. The molecule has 2 aromatic rings. The number of nitro benzene ring substituents is 2. The van der Waals surface area contributed by atoms with Gasteiger partial charge in [0.25, 0.3) is 11.4 Å². The summed E-state index contributed by atoms with van der Waals surface area (Å²) in [6, 6.07) is 7.35. The van der Waals surface area contributed by atoms with Crippen LogP contribution in [-0.4, -0.2) is 21.1 Å². The predicted octanol–water partition coefficient (Wildman–Crippen LogP) is 3.30. The van der Waals surface area contributed by atoms with Gasteiger partial charge in [-0.3, -0.25) is 20.2 Å². The normalized spacial score (nSPS) is 12.0. The van der Waals surface area contributed by atoms with Crippen molar-refractivity contribution in [2.75, 3.05) is 0 Å². The van der Waals surface area contributed by atoms with Crippen LogP contribution in [0.5, 0.6) is 0 Å². The fourth-order valence-electron chi connectivity index (χ4n) is 2.33. The first kappa shape index (κ1) is 17.3. The summed E-state index contributed by atoms with van der Waals surface area (Å²) in [5.74, 6) is 0. The predicted molar refractivity (Wildman–Crippen MR) is 75.2 cm³/mol. The van der Waals surface area contributed by atoms with Gasteiger partial charge in [-0.1, -0.05) is 24.3 Å². The molecule has 0 spiro atoms. The van der Waals surface area contributed by atoms with E-state index in [0.29, 0.717) is 12.1 Å². The van der Waals surface area contributed by atoms with Crippen molar-refractivity contribution in [3.05, 3.63) is 79.9 Å². The van der Waals surface area contributed by atoms with Gasteiger partial charge in [-0.25, -0.2) is 0 Å². The standard InChI is InChI=1S/C14H9F3N2O5/c15-14(16,17)13(20,9-5-1-3-7-11(9)18(21)22)10-6-2-4-8-12(10)19(23)24/h1-8,20H. The number of rotatable bonds is 4. The molecule has 126 valence electrons. The number of hydrogen-bond donors (Lipinski definition) is 1. The zero-order valence-electron chi connectivity index (χ0n) is 11.7. The molecule has 0 aromatic heterocycles. The molecule has 0 aliphatic rings. The van der Waals surface area contributed by atoms with Crippen LogP contribution in [0.15, 0.2) is 48.5 Å². The summed E-state index contributed by atoms with van der Waals surface area (Å²) in [6.07, 6.45) is -5.44. The lowest BCUT2D eigenvalue weighted by molar-refractivity contribution is -0.391. The molecule has 0 aliphatic carbocycles. The maximum Gasteiger partial charge on any atom is 0.426 e. The summed E-state index contributed by atoms with van der Waals surface area (Å²) in [4.78, 5) is 19.9. The fraction of sp³-hybridized carbons (Fsp3) is 0.143. The van der Waals surface area contributed by atoms with Crippen molar-refractivity contribution in [1.29, 1.82) is 0 Å². The van der Waals surface area contributed by atoms with Crippen LogP contribution in [0, 0.1) is 20.2 Å². The van der Waals surface area contributed by atoms with Gasteiger partial charge in [0, 0.05) is 12.1 Å². The van der Waals surface area contributed by atoms with Gasteiger partial charge in [0.15, 0.2) is 0 Å². The van der Waals surface area contributed by atoms with Crippen LogP contribution in [-0.2, 0) is 5.60 Å². The Morgan fingerprint density at radius 1 is 0.792 bits per heavy atom. The highest BCUT2D eigenvalue weighted by Gasteiger charge is 2.61. The first-order valence-electron chi connectivity index (χ1n) is 6.37. The van der Waals surface area contributed by atoms with Gasteiger partial charge in [-0.15, -0.1) is 0 Å². The molecular weight excluding hydrogens is 333 g/mol. The van der Waals surface area contributed by atoms with Gasteiger partial charge in [-0.2, -0.15) is 13.2 Å². The Morgan fingerprint density at radius 3 is 1.42 bits per heavy atom. The van der Waals surface area contributed by atoms with Gasteiger partial charge in [0.1, 0.15) is 0 Å². The van der Waals surface area contributed by atoms with Crippen molar-refractivity contribution in [1.82, 2.24) is 0 Å². The zero-order valence-corrected chi connectivity index (χ0v) is 11.7. The molecule has 0 heterocycles. The van der Waals surface area contributed by atoms with E-state index in [1.165, 1.54) is 0 Å². The number of alkyl halides is 3. The van der Waals surface area contributed by atoms with E-state index >= 15 is 0 Å². The minimum atomic E-state index is -5.44. The maximum atomic E-state index is 13.7. The number of para-hydroxylation sites is 2. The van der Waals surface area contributed by atoms with Gasteiger partial charge < -0.3 is 5.11 Å². The van der Waals surface area contributed by atoms with Crippen molar-refractivity contribution in [3.8, 4) is 0 Å². The van der Waals surface area contributed by atoms with Gasteiger partial charge in [-0.05, 0) is 12.1 Å². The van der Waals surface area contributed by atoms with E-state index in [1.54, 1.807) is 0 Å². The molecule has 0 unspecified atom stereocenters. The van der Waals surface area contributed by atoms with E-state index in [4.69, 9.17) is 0 Å². The Hall–Kier alpha value is -3.01. The van der Waals surface area contributed by atoms with E-state index < -0.39 is 44.1 Å². The number of aliphatic hydroxyl groups is 1. The number of hydrogen-bond acceptors (Lipinski definition) is 5. The van der Waals surface area contributed by atoms with E-state index in [0.717, 1.165) is 36.4 Å². The van der Waals surface area contributed by atoms with Crippen molar-refractivity contribution >= 4 is 11.4 Å². The molecular formula is C14H9F3N2O5. The molecule has 2 rings (SSSR count). The monoisotopic (exact) mass is 342 g/mol. The van der Waals surface area contributed by atoms with Crippen LogP contribution < -0.4 is 0 Å². The Kier molecular flexibility index (Phi) is 4.26. The Labute approximate surface area is 132 Å². The summed E-state index contributed by atoms with van der Waals surface area (Å²) in [5.41, 5.74) is -8.13. The SMILES string of the molecule is O=[N+]([O-])c1ccccc1C(O)(c1ccccc1[N+](=O)[O-])C(F)(F)F. The molecule has 2 aromatic carbocycles. The lowest BCUT2D eigenvalue weighted by Crippen LogP contribution is -2.44. The van der Waals surface area contributed by atoms with Crippen LogP contribution in [0.4, 0.5) is 24.5 Å². The number of benzene rings is 2. The van der Waals surface area contributed by atoms with Gasteiger partial charge >= 0.3 is 6.18 Å². The van der Waals surface area contributed by atoms with E-state index in [2.05, 4.69) is 0 Å². The molecule has 0 atom stereocenters. The molecule has 0 aliphatic heterocycles. The van der Waals surface area contributed by atoms with Crippen molar-refractivity contribution in [2.24, 2.45) is 0 Å². The molecule has 7 nitrogen and oxygen atoms in total. The summed E-state index contributed by atoms with van der Waals surface area (Å²) >= 11 is 0. The number of halogens is 3. The molecule has 1 N–H and O–H groups in total. The second kappa shape index (κ2) is 5.89. The largest absolute Gasteiger partial charge is 0.426 e. The Bertz CT molecular complexity index is 749. The molecule has 0 saturated carbocycles. The third-order valence-electron chi connectivity index (χ3n) is 3.39. The van der Waals surface area contributed by atoms with Crippen molar-refractivity contribution in [3.63, 3.8) is 0 Å². The molecule has 10 heteroatoms. The molecule has 0 radical (unpaired) electrons. The average Bonchev–Trinajstić information content (AvgIpc) is 2.52. The summed E-state index contributed by atoms with van der Waals surface area (Å²) in [6.45, 7) is 0. The number of nitrogens with zero attached hydrogens (tertiary/aromatic N) is 2. The smallest absolute Gasteiger partial charge is 0.372 e. The highest BCUT2D eigenvalue weighted by Crippen LogP contribution is 2.49. The van der Waals surface area contributed by atoms with E-state index in [1.807, 2.05) is 0 Å². The molecule has 24 heavy (non-hydrogen) atoms. The first-order valence-corrected chi connectivity index (χ1v) is 6.37. The Balaban J connectivity index is 2.90. The lowest BCUT2D eigenvalue weighted by atomic mass is 9.83. The lowest BCUT2D eigenvalue weighted by Gasteiger charge is -2.30. The van der Waals surface area contributed by atoms with Crippen LogP contribution in [0.3, 0.4) is 0 Å². The van der Waals surface area contributed by atoms with E-state index in [9.17, 15) is 38.5 Å². The Morgan fingerprint density at radius 2 is 1.12 bits per heavy atom. The topological polar surface area (TPSA) is 107 Å². The van der Waals surface area contributed by atoms with Crippen LogP contribution in [0.25, 0.3) is 0 Å². The highest BCUT2D eigenvalue weighted by atomic mass is 19.4. The minimum Gasteiger partial charge on any atom is -0.372 e. The average molecular weight is 342 g/mol. The number of nitro groups is 2.